The molecule has 11 heteroatoms. The molecule has 28 heavy (non-hydrogen) atoms. The average molecular weight is 408 g/mol. The van der Waals surface area contributed by atoms with Gasteiger partial charge in [0.05, 0.1) is 28.8 Å². The van der Waals surface area contributed by atoms with Crippen LogP contribution in [-0.2, 0) is 9.53 Å². The lowest BCUT2D eigenvalue weighted by Crippen LogP contribution is -2.17. The van der Waals surface area contributed by atoms with E-state index in [4.69, 9.17) is 15.6 Å². The molecule has 0 saturated carbocycles. The lowest BCUT2D eigenvalue weighted by molar-refractivity contribution is -0.140. The Morgan fingerprint density at radius 1 is 1.39 bits per heavy atom. The summed E-state index contributed by atoms with van der Waals surface area (Å²) in [6.45, 7) is 4.98. The molecule has 2 amide bonds. The monoisotopic (exact) mass is 408 g/mol. The Bertz CT molecular complexity index is 932. The number of ether oxygens (including phenoxy) is 1. The lowest BCUT2D eigenvalue weighted by Gasteiger charge is -2.07. The predicted octanol–water partition coefficient (Wildman–Crippen LogP) is 1.82. The summed E-state index contributed by atoms with van der Waals surface area (Å²) >= 11 is 0.868. The summed E-state index contributed by atoms with van der Waals surface area (Å²) in [6, 6.07) is -0.952. The first-order valence-corrected chi connectivity index (χ1v) is 9.17. The van der Waals surface area contributed by atoms with Gasteiger partial charge in [-0.15, -0.1) is 11.3 Å². The first-order valence-electron chi connectivity index (χ1n) is 8.35. The second-order valence-corrected chi connectivity index (χ2v) is 6.96. The number of thiophene rings is 1. The molecule has 4 N–H and O–H groups in total. The van der Waals surface area contributed by atoms with Gasteiger partial charge in [0.1, 0.15) is 11.0 Å². The summed E-state index contributed by atoms with van der Waals surface area (Å²) in [5.41, 5.74) is 5.82. The zero-order valence-corrected chi connectivity index (χ0v) is 16.3. The van der Waals surface area contributed by atoms with Gasteiger partial charge in [0.2, 0.25) is 0 Å². The maximum Gasteiger partial charge on any atom is 0.341 e. The Morgan fingerprint density at radius 3 is 2.64 bits per heavy atom. The van der Waals surface area contributed by atoms with E-state index in [-0.39, 0.29) is 27.6 Å². The van der Waals surface area contributed by atoms with Crippen molar-refractivity contribution >= 4 is 40.1 Å². The Morgan fingerprint density at radius 2 is 2.07 bits per heavy atom. The number of carbonyl (C=O) groups is 4. The standard InChI is InChI=1S/C17H20N4O6S/c1-4-5-27-17(26)11-8(2)12(13(18)22)28-15(11)20-14(23)10-6-19-21(7-10)9(3)16(24)25/h6-7,9H,4-5H2,1-3H3,(H2,18,22)(H,20,23)(H,24,25). The van der Waals surface area contributed by atoms with Gasteiger partial charge in [-0.3, -0.25) is 14.3 Å². The normalized spacial score (nSPS) is 11.7. The number of amides is 2. The molecule has 2 rings (SSSR count). The number of rotatable bonds is 8. The zero-order chi connectivity index (χ0) is 21.0. The van der Waals surface area contributed by atoms with Gasteiger partial charge in [-0.2, -0.15) is 5.10 Å². The maximum absolute atomic E-state index is 12.5. The van der Waals surface area contributed by atoms with Gasteiger partial charge in [0.15, 0.2) is 0 Å². The number of carbonyl (C=O) groups excluding carboxylic acids is 3. The van der Waals surface area contributed by atoms with Crippen LogP contribution in [0.1, 0.15) is 62.3 Å². The number of aromatic nitrogens is 2. The smallest absolute Gasteiger partial charge is 0.341 e. The minimum atomic E-state index is -1.10. The molecule has 0 spiro atoms. The third kappa shape index (κ3) is 4.36. The molecule has 0 aliphatic rings. The first kappa shape index (κ1) is 21.1. The van der Waals surface area contributed by atoms with Crippen LogP contribution in [0.3, 0.4) is 0 Å². The van der Waals surface area contributed by atoms with Crippen LogP contribution < -0.4 is 11.1 Å². The number of carboxylic acid groups (broad SMARTS) is 1. The first-order chi connectivity index (χ1) is 13.2. The highest BCUT2D eigenvalue weighted by Crippen LogP contribution is 2.34. The van der Waals surface area contributed by atoms with Gasteiger partial charge in [-0.1, -0.05) is 6.92 Å². The van der Waals surface area contributed by atoms with Crippen LogP contribution in [0, 0.1) is 6.92 Å². The van der Waals surface area contributed by atoms with Gasteiger partial charge in [0.25, 0.3) is 11.8 Å². The van der Waals surface area contributed by atoms with Crippen LogP contribution in [0.15, 0.2) is 12.4 Å². The van der Waals surface area contributed by atoms with Gasteiger partial charge >= 0.3 is 11.9 Å². The molecular weight excluding hydrogens is 388 g/mol. The number of primary amides is 1. The molecule has 0 aliphatic heterocycles. The number of hydrogen-bond acceptors (Lipinski definition) is 7. The minimum absolute atomic E-state index is 0.0619. The maximum atomic E-state index is 12.5. The molecule has 0 saturated heterocycles. The summed E-state index contributed by atoms with van der Waals surface area (Å²) in [6.07, 6.45) is 3.10. The highest BCUT2D eigenvalue weighted by Gasteiger charge is 2.26. The quantitative estimate of drug-likeness (QED) is 0.563. The number of esters is 1. The van der Waals surface area contributed by atoms with E-state index in [9.17, 15) is 19.2 Å². The van der Waals surface area contributed by atoms with Crippen LogP contribution in [0.2, 0.25) is 0 Å². The van der Waals surface area contributed by atoms with E-state index in [0.717, 1.165) is 16.0 Å². The molecule has 1 unspecified atom stereocenters. The van der Waals surface area contributed by atoms with Gasteiger partial charge in [-0.05, 0) is 25.8 Å². The van der Waals surface area contributed by atoms with Crippen LogP contribution >= 0.6 is 11.3 Å². The highest BCUT2D eigenvalue weighted by atomic mass is 32.1. The van der Waals surface area contributed by atoms with E-state index in [2.05, 4.69) is 10.4 Å². The summed E-state index contributed by atoms with van der Waals surface area (Å²) in [4.78, 5) is 47.7. The van der Waals surface area contributed by atoms with E-state index in [1.807, 2.05) is 6.92 Å². The number of nitrogens with two attached hydrogens (primary N) is 1. The fourth-order valence-electron chi connectivity index (χ4n) is 2.30. The Hall–Kier alpha value is -3.21. The van der Waals surface area contributed by atoms with Crippen molar-refractivity contribution in [1.29, 1.82) is 0 Å². The van der Waals surface area contributed by atoms with Crippen molar-refractivity contribution in [2.24, 2.45) is 5.73 Å². The Labute approximate surface area is 164 Å². The molecule has 0 bridgehead atoms. The summed E-state index contributed by atoms with van der Waals surface area (Å²) in [5.74, 6) is -3.12. The molecule has 0 radical (unpaired) electrons. The molecule has 2 aromatic rings. The number of hydrogen-bond donors (Lipinski definition) is 3. The molecule has 150 valence electrons. The SMILES string of the molecule is CCCOC(=O)c1c(NC(=O)c2cnn(C(C)C(=O)O)c2)sc(C(N)=O)c1C. The molecule has 2 aromatic heterocycles. The zero-order valence-electron chi connectivity index (χ0n) is 15.5. The summed E-state index contributed by atoms with van der Waals surface area (Å²) in [7, 11) is 0. The van der Waals surface area contributed by atoms with Crippen molar-refractivity contribution in [1.82, 2.24) is 9.78 Å². The molecular formula is C17H20N4O6S. The van der Waals surface area contributed by atoms with E-state index in [1.165, 1.54) is 19.3 Å². The molecule has 10 nitrogen and oxygen atoms in total. The number of nitrogens with zero attached hydrogens (tertiary/aromatic N) is 2. The third-order valence-electron chi connectivity index (χ3n) is 3.86. The number of nitrogens with one attached hydrogen (secondary N) is 1. The fourth-order valence-corrected chi connectivity index (χ4v) is 3.35. The highest BCUT2D eigenvalue weighted by molar-refractivity contribution is 7.18. The largest absolute Gasteiger partial charge is 0.480 e. The van der Waals surface area contributed by atoms with E-state index >= 15 is 0 Å². The van der Waals surface area contributed by atoms with Crippen LogP contribution in [0.5, 0.6) is 0 Å². The molecule has 0 aliphatic carbocycles. The van der Waals surface area contributed by atoms with Crippen molar-refractivity contribution in [3.63, 3.8) is 0 Å². The van der Waals surface area contributed by atoms with Gasteiger partial charge in [0, 0.05) is 6.20 Å². The molecule has 0 aromatic carbocycles. The fraction of sp³-hybridized carbons (Fsp3) is 0.353. The second-order valence-electron chi connectivity index (χ2n) is 5.94. The van der Waals surface area contributed by atoms with Crippen molar-refractivity contribution in [3.8, 4) is 0 Å². The molecule has 1 atom stereocenters. The number of carboxylic acids is 1. The Kier molecular flexibility index (Phi) is 6.52. The molecule has 2 heterocycles. The number of anilines is 1. The summed E-state index contributed by atoms with van der Waals surface area (Å²) < 4.78 is 6.25. The van der Waals surface area contributed by atoms with Crippen molar-refractivity contribution in [2.45, 2.75) is 33.2 Å². The average Bonchev–Trinajstić information content (AvgIpc) is 3.24. The van der Waals surface area contributed by atoms with E-state index in [1.54, 1.807) is 6.92 Å². The lowest BCUT2D eigenvalue weighted by atomic mass is 10.1. The van der Waals surface area contributed by atoms with Crippen molar-refractivity contribution in [3.05, 3.63) is 34.0 Å². The summed E-state index contributed by atoms with van der Waals surface area (Å²) in [5, 5.41) is 15.6. The third-order valence-corrected chi connectivity index (χ3v) is 5.08. The topological polar surface area (TPSA) is 154 Å². The van der Waals surface area contributed by atoms with E-state index < -0.39 is 29.8 Å². The minimum Gasteiger partial charge on any atom is -0.480 e. The Balaban J connectivity index is 2.33. The van der Waals surface area contributed by atoms with Crippen LogP contribution in [0.4, 0.5) is 5.00 Å². The van der Waals surface area contributed by atoms with Crippen LogP contribution in [0.25, 0.3) is 0 Å². The van der Waals surface area contributed by atoms with Gasteiger partial charge in [-0.25, -0.2) is 9.59 Å². The van der Waals surface area contributed by atoms with Gasteiger partial charge < -0.3 is 20.9 Å². The van der Waals surface area contributed by atoms with E-state index in [0.29, 0.717) is 12.0 Å². The number of aliphatic carboxylic acids is 1. The van der Waals surface area contributed by atoms with Crippen molar-refractivity contribution in [2.75, 3.05) is 11.9 Å². The second kappa shape index (κ2) is 8.65. The molecule has 0 fully saturated rings. The predicted molar refractivity (Wildman–Crippen MR) is 101 cm³/mol. The van der Waals surface area contributed by atoms with Crippen LogP contribution in [-0.4, -0.2) is 45.2 Å². The van der Waals surface area contributed by atoms with Crippen molar-refractivity contribution < 1.29 is 29.0 Å².